The number of benzene rings is 1. The Hall–Kier alpha value is -2.58. The Bertz CT molecular complexity index is 1000. The molecule has 1 fully saturated rings. The van der Waals surface area contributed by atoms with E-state index in [1.165, 1.54) is 12.1 Å². The van der Waals surface area contributed by atoms with Gasteiger partial charge in [-0.1, -0.05) is 18.2 Å². The molecule has 0 aliphatic carbocycles. The van der Waals surface area contributed by atoms with Crippen LogP contribution in [0.1, 0.15) is 5.56 Å². The summed E-state index contributed by atoms with van der Waals surface area (Å²) in [5.41, 5.74) is 1.66. The molecule has 140 valence electrons. The van der Waals surface area contributed by atoms with Crippen LogP contribution in [0.5, 0.6) is 0 Å². The number of fused-ring (bicyclic) bond motifs is 1. The Morgan fingerprint density at radius 2 is 1.81 bits per heavy atom. The average molecular weight is 385 g/mol. The van der Waals surface area contributed by atoms with Crippen molar-refractivity contribution < 1.29 is 9.18 Å². The highest BCUT2D eigenvalue weighted by Crippen LogP contribution is 2.10. The Balaban J connectivity index is 1.34. The SMILES string of the molecule is O=C(Cc1ccc(F)cc1)N1CCN(Cn2nc3ccccn3c2=S)CC1. The van der Waals surface area contributed by atoms with Crippen molar-refractivity contribution in [1.29, 1.82) is 0 Å². The Kier molecular flexibility index (Phi) is 5.00. The molecule has 1 aromatic carbocycles. The van der Waals surface area contributed by atoms with Crippen LogP contribution in [0.3, 0.4) is 0 Å². The molecule has 27 heavy (non-hydrogen) atoms. The van der Waals surface area contributed by atoms with Gasteiger partial charge in [0.25, 0.3) is 0 Å². The summed E-state index contributed by atoms with van der Waals surface area (Å²) < 4.78 is 17.4. The highest BCUT2D eigenvalue weighted by Gasteiger charge is 2.21. The molecule has 1 aliphatic rings. The van der Waals surface area contributed by atoms with Crippen LogP contribution in [0, 0.1) is 10.6 Å². The van der Waals surface area contributed by atoms with Crippen molar-refractivity contribution in [3.8, 4) is 0 Å². The van der Waals surface area contributed by atoms with Crippen molar-refractivity contribution in [2.24, 2.45) is 0 Å². The molecule has 3 heterocycles. The average Bonchev–Trinajstić information content (AvgIpc) is 3.00. The Morgan fingerprint density at radius 3 is 2.52 bits per heavy atom. The summed E-state index contributed by atoms with van der Waals surface area (Å²) in [5, 5.41) is 4.55. The lowest BCUT2D eigenvalue weighted by atomic mass is 10.1. The van der Waals surface area contributed by atoms with Crippen LogP contribution < -0.4 is 0 Å². The van der Waals surface area contributed by atoms with E-state index in [1.807, 2.05) is 38.4 Å². The number of piperazine rings is 1. The lowest BCUT2D eigenvalue weighted by Gasteiger charge is -2.34. The fourth-order valence-corrected chi connectivity index (χ4v) is 3.53. The first kappa shape index (κ1) is 17.8. The van der Waals surface area contributed by atoms with E-state index in [4.69, 9.17) is 12.2 Å². The predicted molar refractivity (Wildman–Crippen MR) is 102 cm³/mol. The fourth-order valence-electron chi connectivity index (χ4n) is 3.28. The standard InChI is InChI=1S/C19H20FN5OS/c20-16-6-4-15(5-7-16)13-18(26)23-11-9-22(10-12-23)14-25-19(27)24-8-2-1-3-17(24)21-25/h1-8H,9-14H2. The van der Waals surface area contributed by atoms with Gasteiger partial charge < -0.3 is 4.90 Å². The first-order chi connectivity index (χ1) is 13.1. The van der Waals surface area contributed by atoms with Crippen LogP contribution >= 0.6 is 12.2 Å². The predicted octanol–water partition coefficient (Wildman–Crippen LogP) is 2.35. The fraction of sp³-hybridized carbons (Fsp3) is 0.316. The van der Waals surface area contributed by atoms with Crippen LogP contribution in [-0.4, -0.2) is 56.1 Å². The molecule has 0 spiro atoms. The summed E-state index contributed by atoms with van der Waals surface area (Å²) in [7, 11) is 0. The molecule has 1 aliphatic heterocycles. The topological polar surface area (TPSA) is 45.8 Å². The van der Waals surface area contributed by atoms with Crippen molar-refractivity contribution in [3.05, 3.63) is 64.8 Å². The van der Waals surface area contributed by atoms with Gasteiger partial charge in [0, 0.05) is 32.4 Å². The number of aromatic nitrogens is 3. The maximum Gasteiger partial charge on any atom is 0.227 e. The van der Waals surface area contributed by atoms with E-state index in [2.05, 4.69) is 10.00 Å². The third kappa shape index (κ3) is 3.91. The molecule has 4 rings (SSSR count). The second-order valence-electron chi connectivity index (χ2n) is 6.65. The van der Waals surface area contributed by atoms with Crippen molar-refractivity contribution >= 4 is 23.8 Å². The van der Waals surface area contributed by atoms with E-state index in [0.717, 1.165) is 24.3 Å². The highest BCUT2D eigenvalue weighted by molar-refractivity contribution is 7.71. The van der Waals surface area contributed by atoms with Gasteiger partial charge in [-0.05, 0) is 42.0 Å². The second kappa shape index (κ2) is 7.58. The number of nitrogens with zero attached hydrogens (tertiary/aromatic N) is 5. The van der Waals surface area contributed by atoms with E-state index in [1.54, 1.807) is 12.1 Å². The van der Waals surface area contributed by atoms with E-state index in [9.17, 15) is 9.18 Å². The van der Waals surface area contributed by atoms with Gasteiger partial charge in [-0.15, -0.1) is 0 Å². The maximum atomic E-state index is 13.0. The minimum Gasteiger partial charge on any atom is -0.340 e. The first-order valence-electron chi connectivity index (χ1n) is 8.89. The molecule has 8 heteroatoms. The second-order valence-corrected chi connectivity index (χ2v) is 7.02. The summed E-state index contributed by atoms with van der Waals surface area (Å²) in [5.74, 6) is -0.212. The van der Waals surface area contributed by atoms with Crippen molar-refractivity contribution in [1.82, 2.24) is 24.0 Å². The number of rotatable bonds is 4. The Morgan fingerprint density at radius 1 is 1.07 bits per heavy atom. The van der Waals surface area contributed by atoms with E-state index < -0.39 is 0 Å². The van der Waals surface area contributed by atoms with E-state index in [-0.39, 0.29) is 11.7 Å². The summed E-state index contributed by atoms with van der Waals surface area (Å²) in [6.07, 6.45) is 2.21. The molecule has 0 saturated carbocycles. The molecule has 1 saturated heterocycles. The molecule has 0 atom stereocenters. The zero-order chi connectivity index (χ0) is 18.8. The lowest BCUT2D eigenvalue weighted by Crippen LogP contribution is -2.49. The molecule has 0 bridgehead atoms. The zero-order valence-electron chi connectivity index (χ0n) is 14.8. The molecule has 0 radical (unpaired) electrons. The van der Waals surface area contributed by atoms with Crippen LogP contribution in [0.15, 0.2) is 48.7 Å². The number of pyridine rings is 1. The van der Waals surface area contributed by atoms with E-state index in [0.29, 0.717) is 31.0 Å². The summed E-state index contributed by atoms with van der Waals surface area (Å²) in [4.78, 5) is 16.6. The lowest BCUT2D eigenvalue weighted by molar-refractivity contribution is -0.132. The zero-order valence-corrected chi connectivity index (χ0v) is 15.6. The number of halogens is 1. The van der Waals surface area contributed by atoms with Crippen LogP contribution in [0.25, 0.3) is 5.65 Å². The minimum atomic E-state index is -0.287. The molecular weight excluding hydrogens is 365 g/mol. The number of carbonyl (C=O) groups is 1. The molecular formula is C19H20FN5OS. The van der Waals surface area contributed by atoms with Crippen molar-refractivity contribution in [2.45, 2.75) is 13.1 Å². The van der Waals surface area contributed by atoms with Gasteiger partial charge in [0.05, 0.1) is 13.1 Å². The molecule has 0 unspecified atom stereocenters. The van der Waals surface area contributed by atoms with Crippen molar-refractivity contribution in [3.63, 3.8) is 0 Å². The van der Waals surface area contributed by atoms with Crippen LogP contribution in [0.4, 0.5) is 4.39 Å². The monoisotopic (exact) mass is 385 g/mol. The largest absolute Gasteiger partial charge is 0.340 e. The van der Waals surface area contributed by atoms with E-state index >= 15 is 0 Å². The molecule has 0 N–H and O–H groups in total. The first-order valence-corrected chi connectivity index (χ1v) is 9.30. The number of amides is 1. The number of carbonyl (C=O) groups excluding carboxylic acids is 1. The smallest absolute Gasteiger partial charge is 0.227 e. The maximum absolute atomic E-state index is 13.0. The van der Waals surface area contributed by atoms with Gasteiger partial charge in [-0.3, -0.25) is 14.1 Å². The van der Waals surface area contributed by atoms with Gasteiger partial charge in [-0.25, -0.2) is 9.07 Å². The third-order valence-electron chi connectivity index (χ3n) is 4.82. The molecule has 6 nitrogen and oxygen atoms in total. The van der Waals surface area contributed by atoms with Gasteiger partial charge in [0.1, 0.15) is 5.82 Å². The molecule has 3 aromatic rings. The van der Waals surface area contributed by atoms with Gasteiger partial charge >= 0.3 is 0 Å². The number of hydrogen-bond acceptors (Lipinski definition) is 4. The summed E-state index contributed by atoms with van der Waals surface area (Å²) in [6, 6.07) is 11.9. The van der Waals surface area contributed by atoms with Crippen LogP contribution in [0.2, 0.25) is 0 Å². The molecule has 2 aromatic heterocycles. The highest BCUT2D eigenvalue weighted by atomic mass is 32.1. The quantitative estimate of drug-likeness (QED) is 0.647. The van der Waals surface area contributed by atoms with Gasteiger partial charge in [0.15, 0.2) is 5.65 Å². The number of hydrogen-bond donors (Lipinski definition) is 0. The normalized spacial score (nSPS) is 15.4. The van der Waals surface area contributed by atoms with Crippen molar-refractivity contribution in [2.75, 3.05) is 26.2 Å². The summed E-state index contributed by atoms with van der Waals surface area (Å²) in [6.45, 7) is 3.48. The van der Waals surface area contributed by atoms with Crippen LogP contribution in [-0.2, 0) is 17.9 Å². The third-order valence-corrected chi connectivity index (χ3v) is 5.22. The summed E-state index contributed by atoms with van der Waals surface area (Å²) >= 11 is 5.49. The Labute approximate surface area is 161 Å². The van der Waals surface area contributed by atoms with Gasteiger partial charge in [-0.2, -0.15) is 5.10 Å². The van der Waals surface area contributed by atoms with Gasteiger partial charge in [0.2, 0.25) is 10.7 Å². The minimum absolute atomic E-state index is 0.0746. The molecule has 1 amide bonds.